The van der Waals surface area contributed by atoms with Gasteiger partial charge in [-0.1, -0.05) is 5.16 Å². The number of aromatic nitrogens is 1. The van der Waals surface area contributed by atoms with Crippen molar-refractivity contribution in [2.45, 2.75) is 26.4 Å². The van der Waals surface area contributed by atoms with Crippen molar-refractivity contribution in [3.63, 3.8) is 0 Å². The van der Waals surface area contributed by atoms with Crippen molar-refractivity contribution in [3.05, 3.63) is 17.5 Å². The summed E-state index contributed by atoms with van der Waals surface area (Å²) in [5.41, 5.74) is 0.813. The van der Waals surface area contributed by atoms with Crippen LogP contribution in [-0.2, 0) is 6.42 Å². The second-order valence-electron chi connectivity index (χ2n) is 2.48. The van der Waals surface area contributed by atoms with E-state index in [2.05, 4.69) is 5.16 Å². The van der Waals surface area contributed by atoms with Gasteiger partial charge >= 0.3 is 0 Å². The molecule has 56 valence electrons. The molecule has 0 saturated carbocycles. The first-order valence-corrected chi connectivity index (χ1v) is 3.29. The van der Waals surface area contributed by atoms with E-state index in [1.54, 1.807) is 6.92 Å². The first-order chi connectivity index (χ1) is 4.68. The van der Waals surface area contributed by atoms with Crippen LogP contribution in [0.1, 0.15) is 18.4 Å². The van der Waals surface area contributed by atoms with Crippen LogP contribution in [0, 0.1) is 6.92 Å². The minimum Gasteiger partial charge on any atom is -0.393 e. The molecule has 1 N–H and O–H groups in total. The van der Waals surface area contributed by atoms with Gasteiger partial charge in [-0.3, -0.25) is 0 Å². The van der Waals surface area contributed by atoms with Crippen LogP contribution >= 0.6 is 0 Å². The van der Waals surface area contributed by atoms with Crippen LogP contribution in [-0.4, -0.2) is 16.4 Å². The van der Waals surface area contributed by atoms with Gasteiger partial charge in [0.15, 0.2) is 0 Å². The first kappa shape index (κ1) is 7.28. The molecule has 1 unspecified atom stereocenters. The standard InChI is InChI=1S/C7H11NO2/c1-5(9)3-7-4-6(2)10-8-7/h4-5,9H,3H2,1-2H3. The van der Waals surface area contributed by atoms with Crippen LogP contribution < -0.4 is 0 Å². The van der Waals surface area contributed by atoms with Crippen LogP contribution in [0.25, 0.3) is 0 Å². The molecule has 1 aromatic heterocycles. The highest BCUT2D eigenvalue weighted by molar-refractivity contribution is 5.04. The SMILES string of the molecule is Cc1cc(CC(C)O)no1. The number of rotatable bonds is 2. The fourth-order valence-corrected chi connectivity index (χ4v) is 0.817. The van der Waals surface area contributed by atoms with Crippen molar-refractivity contribution < 1.29 is 9.63 Å². The molecule has 0 aliphatic heterocycles. The second kappa shape index (κ2) is 2.84. The maximum absolute atomic E-state index is 8.93. The average Bonchev–Trinajstić information content (AvgIpc) is 2.13. The summed E-state index contributed by atoms with van der Waals surface area (Å²) in [5, 5.41) is 12.7. The predicted octanol–water partition coefficient (Wildman–Crippen LogP) is 0.906. The third-order valence-electron chi connectivity index (χ3n) is 1.18. The largest absolute Gasteiger partial charge is 0.393 e. The lowest BCUT2D eigenvalue weighted by Crippen LogP contribution is -2.03. The van der Waals surface area contributed by atoms with Crippen LogP contribution in [0.4, 0.5) is 0 Å². The van der Waals surface area contributed by atoms with Crippen molar-refractivity contribution in [2.75, 3.05) is 0 Å². The number of aliphatic hydroxyl groups is 1. The Morgan fingerprint density at radius 1 is 1.80 bits per heavy atom. The van der Waals surface area contributed by atoms with Crippen LogP contribution in [0.3, 0.4) is 0 Å². The topological polar surface area (TPSA) is 46.3 Å². The summed E-state index contributed by atoms with van der Waals surface area (Å²) in [6.45, 7) is 3.56. The van der Waals surface area contributed by atoms with Crippen LogP contribution in [0.2, 0.25) is 0 Å². The molecule has 0 fully saturated rings. The lowest BCUT2D eigenvalue weighted by Gasteiger charge is -1.96. The number of hydrogen-bond donors (Lipinski definition) is 1. The minimum absolute atomic E-state index is 0.343. The Morgan fingerprint density at radius 2 is 2.50 bits per heavy atom. The van der Waals surface area contributed by atoms with E-state index in [1.807, 2.05) is 13.0 Å². The molecule has 0 aromatic carbocycles. The molecule has 1 rings (SSSR count). The molecule has 0 aliphatic rings. The second-order valence-corrected chi connectivity index (χ2v) is 2.48. The number of hydrogen-bond acceptors (Lipinski definition) is 3. The Morgan fingerprint density at radius 3 is 2.90 bits per heavy atom. The predicted molar refractivity (Wildman–Crippen MR) is 36.6 cm³/mol. The van der Waals surface area contributed by atoms with Crippen LogP contribution in [0.5, 0.6) is 0 Å². The summed E-state index contributed by atoms with van der Waals surface area (Å²) in [6, 6.07) is 1.83. The Kier molecular flexibility index (Phi) is 2.06. The molecule has 1 aromatic rings. The van der Waals surface area contributed by atoms with E-state index in [0.717, 1.165) is 11.5 Å². The van der Waals surface area contributed by atoms with E-state index in [9.17, 15) is 0 Å². The van der Waals surface area contributed by atoms with Crippen molar-refractivity contribution in [1.29, 1.82) is 0 Å². The smallest absolute Gasteiger partial charge is 0.133 e. The van der Waals surface area contributed by atoms with E-state index >= 15 is 0 Å². The molecule has 0 spiro atoms. The molecule has 0 aliphatic carbocycles. The Hall–Kier alpha value is -0.830. The molecular weight excluding hydrogens is 130 g/mol. The molecular formula is C7H11NO2. The number of aliphatic hydroxyl groups excluding tert-OH is 1. The fraction of sp³-hybridized carbons (Fsp3) is 0.571. The van der Waals surface area contributed by atoms with Gasteiger partial charge in [0.2, 0.25) is 0 Å². The molecule has 1 heterocycles. The van der Waals surface area contributed by atoms with Gasteiger partial charge in [-0.05, 0) is 13.8 Å². The average molecular weight is 141 g/mol. The van der Waals surface area contributed by atoms with Crippen molar-refractivity contribution in [3.8, 4) is 0 Å². The highest BCUT2D eigenvalue weighted by Gasteiger charge is 2.02. The molecule has 10 heavy (non-hydrogen) atoms. The van der Waals surface area contributed by atoms with Gasteiger partial charge in [0.05, 0.1) is 11.8 Å². The normalized spacial score (nSPS) is 13.5. The zero-order chi connectivity index (χ0) is 7.56. The van der Waals surface area contributed by atoms with Gasteiger partial charge in [0.25, 0.3) is 0 Å². The zero-order valence-electron chi connectivity index (χ0n) is 6.16. The number of aryl methyl sites for hydroxylation is 1. The van der Waals surface area contributed by atoms with Crippen molar-refractivity contribution in [1.82, 2.24) is 5.16 Å². The molecule has 0 radical (unpaired) electrons. The monoisotopic (exact) mass is 141 g/mol. The molecule has 0 amide bonds. The van der Waals surface area contributed by atoms with Gasteiger partial charge in [0.1, 0.15) is 5.76 Å². The molecule has 3 heteroatoms. The van der Waals surface area contributed by atoms with E-state index in [-0.39, 0.29) is 6.10 Å². The lowest BCUT2D eigenvalue weighted by molar-refractivity contribution is 0.192. The third kappa shape index (κ3) is 1.84. The fourth-order valence-electron chi connectivity index (χ4n) is 0.817. The van der Waals surface area contributed by atoms with Gasteiger partial charge < -0.3 is 9.63 Å². The lowest BCUT2D eigenvalue weighted by atomic mass is 10.2. The van der Waals surface area contributed by atoms with E-state index < -0.39 is 0 Å². The summed E-state index contributed by atoms with van der Waals surface area (Å²) in [7, 11) is 0. The zero-order valence-corrected chi connectivity index (χ0v) is 6.16. The molecule has 1 atom stereocenters. The minimum atomic E-state index is -0.343. The molecule has 0 saturated heterocycles. The summed E-state index contributed by atoms with van der Waals surface area (Å²) >= 11 is 0. The third-order valence-corrected chi connectivity index (χ3v) is 1.18. The number of nitrogens with zero attached hydrogens (tertiary/aromatic N) is 1. The van der Waals surface area contributed by atoms with Gasteiger partial charge in [-0.15, -0.1) is 0 Å². The molecule has 3 nitrogen and oxygen atoms in total. The summed E-state index contributed by atoms with van der Waals surface area (Å²) in [5.74, 6) is 0.788. The molecule has 0 bridgehead atoms. The Balaban J connectivity index is 2.58. The van der Waals surface area contributed by atoms with Crippen molar-refractivity contribution >= 4 is 0 Å². The van der Waals surface area contributed by atoms with Gasteiger partial charge in [-0.25, -0.2) is 0 Å². The maximum Gasteiger partial charge on any atom is 0.133 e. The quantitative estimate of drug-likeness (QED) is 0.665. The highest BCUT2D eigenvalue weighted by atomic mass is 16.5. The van der Waals surface area contributed by atoms with E-state index in [4.69, 9.17) is 9.63 Å². The maximum atomic E-state index is 8.93. The van der Waals surface area contributed by atoms with Crippen molar-refractivity contribution in [2.24, 2.45) is 0 Å². The Labute approximate surface area is 59.7 Å². The van der Waals surface area contributed by atoms with E-state index in [1.165, 1.54) is 0 Å². The Bertz CT molecular complexity index is 205. The van der Waals surface area contributed by atoms with Gasteiger partial charge in [-0.2, -0.15) is 0 Å². The summed E-state index contributed by atoms with van der Waals surface area (Å²) in [6.07, 6.45) is 0.224. The van der Waals surface area contributed by atoms with Gasteiger partial charge in [0, 0.05) is 12.5 Å². The highest BCUT2D eigenvalue weighted by Crippen LogP contribution is 2.03. The summed E-state index contributed by atoms with van der Waals surface area (Å²) in [4.78, 5) is 0. The summed E-state index contributed by atoms with van der Waals surface area (Å²) < 4.78 is 4.80. The van der Waals surface area contributed by atoms with E-state index in [0.29, 0.717) is 6.42 Å². The first-order valence-electron chi connectivity index (χ1n) is 3.29. The van der Waals surface area contributed by atoms with Crippen LogP contribution in [0.15, 0.2) is 10.6 Å².